The van der Waals surface area contributed by atoms with Gasteiger partial charge in [0.1, 0.15) is 5.69 Å². The van der Waals surface area contributed by atoms with E-state index in [-0.39, 0.29) is 11.7 Å². The van der Waals surface area contributed by atoms with Crippen molar-refractivity contribution in [1.82, 2.24) is 9.55 Å². The van der Waals surface area contributed by atoms with Crippen LogP contribution < -0.4 is 11.2 Å². The van der Waals surface area contributed by atoms with Crippen LogP contribution in [0.1, 0.15) is 32.0 Å². The summed E-state index contributed by atoms with van der Waals surface area (Å²) in [6.07, 6.45) is 0.545. The van der Waals surface area contributed by atoms with E-state index in [1.54, 1.807) is 13.8 Å². The Bertz CT molecular complexity index is 529. The molecular formula is C9H13N3O4. The molecule has 1 N–H and O–H groups in total. The second-order valence-electron chi connectivity index (χ2n) is 3.59. The van der Waals surface area contributed by atoms with Crippen molar-refractivity contribution < 1.29 is 4.92 Å². The minimum absolute atomic E-state index is 0.0143. The van der Waals surface area contributed by atoms with Crippen LogP contribution in [-0.4, -0.2) is 14.5 Å². The number of nitro groups is 1. The van der Waals surface area contributed by atoms with Crippen molar-refractivity contribution >= 4 is 5.69 Å². The van der Waals surface area contributed by atoms with Gasteiger partial charge in [-0.2, -0.15) is 0 Å². The van der Waals surface area contributed by atoms with E-state index in [0.29, 0.717) is 6.42 Å². The summed E-state index contributed by atoms with van der Waals surface area (Å²) in [6.45, 7) is 4.79. The van der Waals surface area contributed by atoms with Crippen molar-refractivity contribution in [2.24, 2.45) is 0 Å². The molecule has 0 amide bonds. The minimum atomic E-state index is -0.847. The number of aromatic amines is 1. The molecule has 0 aromatic carbocycles. The van der Waals surface area contributed by atoms with Crippen LogP contribution >= 0.6 is 0 Å². The van der Waals surface area contributed by atoms with Crippen molar-refractivity contribution in [3.8, 4) is 0 Å². The predicted molar refractivity (Wildman–Crippen MR) is 57.7 cm³/mol. The Morgan fingerprint density at radius 3 is 2.50 bits per heavy atom. The second kappa shape index (κ2) is 4.30. The first-order valence-corrected chi connectivity index (χ1v) is 4.90. The molecule has 1 rings (SSSR count). The molecule has 1 heterocycles. The average Bonchev–Trinajstić information content (AvgIpc) is 2.15. The first-order valence-electron chi connectivity index (χ1n) is 4.90. The smallest absolute Gasteiger partial charge is 0.305 e. The first-order chi connectivity index (χ1) is 7.40. The lowest BCUT2D eigenvalue weighted by atomic mass is 10.2. The number of hydrogen-bond acceptors (Lipinski definition) is 4. The summed E-state index contributed by atoms with van der Waals surface area (Å²) < 4.78 is 0.880. The van der Waals surface area contributed by atoms with Crippen molar-refractivity contribution in [1.29, 1.82) is 0 Å². The van der Waals surface area contributed by atoms with Crippen LogP contribution in [0.15, 0.2) is 9.59 Å². The lowest BCUT2D eigenvalue weighted by Gasteiger charge is -2.11. The van der Waals surface area contributed by atoms with Crippen LogP contribution in [0.2, 0.25) is 0 Å². The third-order valence-corrected chi connectivity index (χ3v) is 2.50. The zero-order valence-corrected chi connectivity index (χ0v) is 9.31. The van der Waals surface area contributed by atoms with Gasteiger partial charge < -0.3 is 4.98 Å². The Balaban J connectivity index is 3.65. The maximum Gasteiger partial charge on any atom is 0.353 e. The number of aryl methyl sites for hydroxylation is 1. The number of rotatable bonds is 3. The largest absolute Gasteiger partial charge is 0.353 e. The fourth-order valence-corrected chi connectivity index (χ4v) is 1.44. The van der Waals surface area contributed by atoms with Gasteiger partial charge in [-0.1, -0.05) is 6.92 Å². The molecule has 0 saturated carbocycles. The molecule has 1 aromatic heterocycles. The summed E-state index contributed by atoms with van der Waals surface area (Å²) in [7, 11) is 0. The summed E-state index contributed by atoms with van der Waals surface area (Å²) in [5, 5.41) is 10.7. The molecule has 0 saturated heterocycles. The van der Waals surface area contributed by atoms with Crippen molar-refractivity contribution in [2.75, 3.05) is 0 Å². The fraction of sp³-hybridized carbons (Fsp3) is 0.556. The maximum atomic E-state index is 11.8. The van der Waals surface area contributed by atoms with E-state index in [0.717, 1.165) is 4.57 Å². The predicted octanol–water partition coefficient (Wildman–Crippen LogP) is 0.724. The number of nitrogens with one attached hydrogen (secondary N) is 1. The Hall–Kier alpha value is -1.92. The highest BCUT2D eigenvalue weighted by atomic mass is 16.6. The van der Waals surface area contributed by atoms with Crippen LogP contribution in [0, 0.1) is 17.0 Å². The van der Waals surface area contributed by atoms with Gasteiger partial charge in [0.2, 0.25) is 0 Å². The Kier molecular flexibility index (Phi) is 3.26. The molecule has 1 unspecified atom stereocenters. The number of nitrogens with zero attached hydrogens (tertiary/aromatic N) is 2. The second-order valence-corrected chi connectivity index (χ2v) is 3.59. The molecule has 0 fully saturated rings. The Morgan fingerprint density at radius 1 is 1.50 bits per heavy atom. The zero-order valence-electron chi connectivity index (χ0n) is 9.31. The zero-order chi connectivity index (χ0) is 12.5. The molecular weight excluding hydrogens is 214 g/mol. The average molecular weight is 227 g/mol. The van der Waals surface area contributed by atoms with Crippen LogP contribution in [-0.2, 0) is 0 Å². The minimum Gasteiger partial charge on any atom is -0.305 e. The summed E-state index contributed by atoms with van der Waals surface area (Å²) in [4.78, 5) is 35.5. The molecule has 1 aromatic rings. The number of hydrogen-bond donors (Lipinski definition) is 1. The van der Waals surface area contributed by atoms with Gasteiger partial charge in [0.05, 0.1) is 4.92 Å². The highest BCUT2D eigenvalue weighted by Gasteiger charge is 2.22. The van der Waals surface area contributed by atoms with E-state index >= 15 is 0 Å². The van der Waals surface area contributed by atoms with E-state index in [1.165, 1.54) is 6.92 Å². The van der Waals surface area contributed by atoms with E-state index in [9.17, 15) is 19.7 Å². The van der Waals surface area contributed by atoms with Gasteiger partial charge in [0.25, 0.3) is 0 Å². The molecule has 0 bridgehead atoms. The van der Waals surface area contributed by atoms with Crippen LogP contribution in [0.25, 0.3) is 0 Å². The van der Waals surface area contributed by atoms with Gasteiger partial charge in [-0.15, -0.1) is 0 Å². The first kappa shape index (κ1) is 12.2. The normalized spacial score (nSPS) is 12.4. The van der Waals surface area contributed by atoms with E-state index < -0.39 is 21.9 Å². The fourth-order valence-electron chi connectivity index (χ4n) is 1.44. The van der Waals surface area contributed by atoms with Crippen molar-refractivity contribution in [3.05, 3.63) is 36.6 Å². The highest BCUT2D eigenvalue weighted by molar-refractivity contribution is 5.30. The molecule has 16 heavy (non-hydrogen) atoms. The van der Waals surface area contributed by atoms with E-state index in [2.05, 4.69) is 4.98 Å². The molecule has 0 radical (unpaired) electrons. The molecule has 0 aliphatic heterocycles. The van der Waals surface area contributed by atoms with E-state index in [1.807, 2.05) is 0 Å². The van der Waals surface area contributed by atoms with Crippen molar-refractivity contribution in [3.63, 3.8) is 0 Å². The number of aromatic nitrogens is 2. The summed E-state index contributed by atoms with van der Waals surface area (Å²) in [6, 6.07) is -0.365. The number of H-pyrrole nitrogens is 1. The molecule has 0 aliphatic carbocycles. The Morgan fingerprint density at radius 2 is 2.06 bits per heavy atom. The maximum absolute atomic E-state index is 11.8. The van der Waals surface area contributed by atoms with Gasteiger partial charge >= 0.3 is 16.9 Å². The highest BCUT2D eigenvalue weighted by Crippen LogP contribution is 2.09. The van der Waals surface area contributed by atoms with Crippen molar-refractivity contribution in [2.45, 2.75) is 33.2 Å². The van der Waals surface area contributed by atoms with Gasteiger partial charge in [-0.05, 0) is 20.3 Å². The summed E-state index contributed by atoms with van der Waals surface area (Å²) >= 11 is 0. The third-order valence-electron chi connectivity index (χ3n) is 2.50. The topological polar surface area (TPSA) is 98.0 Å². The molecule has 7 nitrogen and oxygen atoms in total. The van der Waals surface area contributed by atoms with Crippen LogP contribution in [0.3, 0.4) is 0 Å². The van der Waals surface area contributed by atoms with Crippen LogP contribution in [0.5, 0.6) is 0 Å². The monoisotopic (exact) mass is 227 g/mol. The molecule has 88 valence electrons. The SMILES string of the molecule is CCC(C)n1c(=O)[nH]c(C)c([N+](=O)[O-])c1=O. The quantitative estimate of drug-likeness (QED) is 0.607. The lowest BCUT2D eigenvalue weighted by Crippen LogP contribution is -2.38. The Labute approximate surface area is 90.9 Å². The van der Waals surface area contributed by atoms with E-state index in [4.69, 9.17) is 0 Å². The molecule has 0 spiro atoms. The van der Waals surface area contributed by atoms with Gasteiger partial charge in [0, 0.05) is 6.04 Å². The van der Waals surface area contributed by atoms with Crippen LogP contribution in [0.4, 0.5) is 5.69 Å². The summed E-state index contributed by atoms with van der Waals surface area (Å²) in [5.41, 5.74) is -2.04. The van der Waals surface area contributed by atoms with Gasteiger partial charge in [-0.25, -0.2) is 4.79 Å². The molecule has 1 atom stereocenters. The molecule has 7 heteroatoms. The summed E-state index contributed by atoms with van der Waals surface area (Å²) in [5.74, 6) is 0. The van der Waals surface area contributed by atoms with Gasteiger partial charge in [0.15, 0.2) is 0 Å². The standard InChI is InChI=1S/C9H13N3O4/c1-4-5(2)11-8(13)7(12(15)16)6(3)10-9(11)14/h5H,4H2,1-3H3,(H,10,14). The third kappa shape index (κ3) is 1.88. The lowest BCUT2D eigenvalue weighted by molar-refractivity contribution is -0.387. The van der Waals surface area contributed by atoms with Gasteiger partial charge in [-0.3, -0.25) is 19.5 Å². The molecule has 0 aliphatic rings.